The molecule has 2 atom stereocenters. The summed E-state index contributed by atoms with van der Waals surface area (Å²) in [4.78, 5) is 31.4. The van der Waals surface area contributed by atoms with Crippen molar-refractivity contribution in [3.63, 3.8) is 0 Å². The number of nitrogens with one attached hydrogen (secondary N) is 1. The minimum absolute atomic E-state index is 0.143. The molecule has 7 nitrogen and oxygen atoms in total. The second kappa shape index (κ2) is 6.06. The Labute approximate surface area is 146 Å². The van der Waals surface area contributed by atoms with E-state index in [0.717, 1.165) is 18.5 Å². The Hall–Kier alpha value is -2.57. The summed E-state index contributed by atoms with van der Waals surface area (Å²) in [5.74, 6) is 0.604. The van der Waals surface area contributed by atoms with Crippen LogP contribution in [0.5, 0.6) is 0 Å². The number of aromatic nitrogens is 2. The third-order valence-electron chi connectivity index (χ3n) is 5.16. The van der Waals surface area contributed by atoms with Gasteiger partial charge in [0.1, 0.15) is 5.76 Å². The van der Waals surface area contributed by atoms with E-state index in [-0.39, 0.29) is 29.9 Å². The average molecular weight is 342 g/mol. The number of imidazole rings is 1. The van der Waals surface area contributed by atoms with E-state index in [1.54, 1.807) is 25.5 Å². The van der Waals surface area contributed by atoms with Gasteiger partial charge in [-0.05, 0) is 32.3 Å². The van der Waals surface area contributed by atoms with Crippen molar-refractivity contribution >= 4 is 11.8 Å². The van der Waals surface area contributed by atoms with Crippen LogP contribution in [0, 0.1) is 6.92 Å². The monoisotopic (exact) mass is 342 g/mol. The van der Waals surface area contributed by atoms with Crippen LogP contribution in [0.3, 0.4) is 0 Å². The van der Waals surface area contributed by atoms with E-state index in [2.05, 4.69) is 10.3 Å². The number of piperidine rings is 1. The molecule has 25 heavy (non-hydrogen) atoms. The van der Waals surface area contributed by atoms with Gasteiger partial charge in [0.05, 0.1) is 42.1 Å². The van der Waals surface area contributed by atoms with Crippen molar-refractivity contribution in [3.05, 3.63) is 41.9 Å². The molecule has 2 aromatic heterocycles. The zero-order valence-corrected chi connectivity index (χ0v) is 14.4. The summed E-state index contributed by atoms with van der Waals surface area (Å²) in [6.07, 6.45) is 8.19. The topological polar surface area (TPSA) is 80.4 Å². The van der Waals surface area contributed by atoms with Crippen molar-refractivity contribution in [3.8, 4) is 0 Å². The van der Waals surface area contributed by atoms with Crippen LogP contribution >= 0.6 is 0 Å². The summed E-state index contributed by atoms with van der Waals surface area (Å²) in [5, 5.41) is 3.13. The lowest BCUT2D eigenvalue weighted by molar-refractivity contribution is -0.138. The minimum Gasteiger partial charge on any atom is -0.469 e. The SMILES string of the molecule is Cc1occc1C(=O)N[C@@H]1CCC(=O)N(C2CC2)[C@H]1c1cncn1C. The fourth-order valence-corrected chi connectivity index (χ4v) is 3.72. The first kappa shape index (κ1) is 15.9. The Morgan fingerprint density at radius 1 is 1.36 bits per heavy atom. The molecule has 132 valence electrons. The normalized spacial score (nSPS) is 23.8. The lowest BCUT2D eigenvalue weighted by Gasteiger charge is -2.41. The Morgan fingerprint density at radius 2 is 2.16 bits per heavy atom. The van der Waals surface area contributed by atoms with Crippen molar-refractivity contribution < 1.29 is 14.0 Å². The molecule has 1 saturated heterocycles. The van der Waals surface area contributed by atoms with Crippen LogP contribution in [-0.2, 0) is 11.8 Å². The number of aryl methyl sites for hydroxylation is 2. The Bertz CT molecular complexity index is 805. The van der Waals surface area contributed by atoms with E-state index >= 15 is 0 Å². The highest BCUT2D eigenvalue weighted by molar-refractivity contribution is 5.95. The van der Waals surface area contributed by atoms with Gasteiger partial charge in [-0.2, -0.15) is 0 Å². The quantitative estimate of drug-likeness (QED) is 0.921. The van der Waals surface area contributed by atoms with Crippen molar-refractivity contribution in [1.29, 1.82) is 0 Å². The highest BCUT2D eigenvalue weighted by Crippen LogP contribution is 2.40. The molecule has 1 aliphatic heterocycles. The van der Waals surface area contributed by atoms with Gasteiger partial charge in [0, 0.05) is 19.5 Å². The van der Waals surface area contributed by atoms with E-state index in [0.29, 0.717) is 24.2 Å². The lowest BCUT2D eigenvalue weighted by Crippen LogP contribution is -2.53. The predicted molar refractivity (Wildman–Crippen MR) is 89.8 cm³/mol. The number of nitrogens with zero attached hydrogens (tertiary/aromatic N) is 3. The molecule has 0 spiro atoms. The maximum atomic E-state index is 12.7. The zero-order valence-electron chi connectivity index (χ0n) is 14.4. The van der Waals surface area contributed by atoms with Gasteiger partial charge in [0.15, 0.2) is 0 Å². The Balaban J connectivity index is 1.65. The third-order valence-corrected chi connectivity index (χ3v) is 5.16. The second-order valence-corrected chi connectivity index (χ2v) is 6.92. The number of hydrogen-bond acceptors (Lipinski definition) is 4. The number of furan rings is 1. The fraction of sp³-hybridized carbons (Fsp3) is 0.500. The molecule has 2 fully saturated rings. The number of hydrogen-bond donors (Lipinski definition) is 1. The molecule has 7 heteroatoms. The Morgan fingerprint density at radius 3 is 2.76 bits per heavy atom. The standard InChI is InChI=1S/C18H22N4O3/c1-11-13(7-8-25-11)18(24)20-14-5-6-16(23)22(12-3-4-12)17(14)15-9-19-10-21(15)2/h7-10,12,14,17H,3-6H2,1-2H3,(H,20,24)/t14-,17-/m1/s1. The molecule has 4 rings (SSSR count). The maximum absolute atomic E-state index is 12.7. The number of rotatable bonds is 4. The number of amides is 2. The van der Waals surface area contributed by atoms with Crippen LogP contribution in [0.4, 0.5) is 0 Å². The van der Waals surface area contributed by atoms with Gasteiger partial charge >= 0.3 is 0 Å². The highest BCUT2D eigenvalue weighted by atomic mass is 16.3. The van der Waals surface area contributed by atoms with E-state index in [1.165, 1.54) is 6.26 Å². The highest BCUT2D eigenvalue weighted by Gasteiger charge is 2.45. The van der Waals surface area contributed by atoms with Gasteiger partial charge in [-0.15, -0.1) is 0 Å². The zero-order chi connectivity index (χ0) is 17.6. The summed E-state index contributed by atoms with van der Waals surface area (Å²) >= 11 is 0. The predicted octanol–water partition coefficient (Wildman–Crippen LogP) is 1.95. The van der Waals surface area contributed by atoms with E-state index < -0.39 is 0 Å². The summed E-state index contributed by atoms with van der Waals surface area (Å²) in [6.45, 7) is 1.77. The van der Waals surface area contributed by atoms with Gasteiger partial charge in [-0.1, -0.05) is 0 Å². The van der Waals surface area contributed by atoms with Crippen LogP contribution in [-0.4, -0.2) is 38.3 Å². The van der Waals surface area contributed by atoms with Gasteiger partial charge in [0.25, 0.3) is 5.91 Å². The Kier molecular flexibility index (Phi) is 3.86. The maximum Gasteiger partial charge on any atom is 0.255 e. The van der Waals surface area contributed by atoms with E-state index in [4.69, 9.17) is 4.42 Å². The molecule has 2 aliphatic rings. The lowest BCUT2D eigenvalue weighted by atomic mass is 9.92. The summed E-state index contributed by atoms with van der Waals surface area (Å²) < 4.78 is 7.17. The van der Waals surface area contributed by atoms with Gasteiger partial charge < -0.3 is 19.2 Å². The smallest absolute Gasteiger partial charge is 0.255 e. The molecular weight excluding hydrogens is 320 g/mol. The molecule has 2 aromatic rings. The fourth-order valence-electron chi connectivity index (χ4n) is 3.72. The van der Waals surface area contributed by atoms with Gasteiger partial charge in [-0.3, -0.25) is 9.59 Å². The van der Waals surface area contributed by atoms with E-state index in [1.807, 2.05) is 16.5 Å². The van der Waals surface area contributed by atoms with Crippen LogP contribution in [0.1, 0.15) is 53.5 Å². The van der Waals surface area contributed by atoms with Crippen LogP contribution in [0.2, 0.25) is 0 Å². The number of likely N-dealkylation sites (tertiary alicyclic amines) is 1. The average Bonchev–Trinajstić information content (AvgIpc) is 3.19. The molecule has 0 bridgehead atoms. The molecule has 1 N–H and O–H groups in total. The largest absolute Gasteiger partial charge is 0.469 e. The van der Waals surface area contributed by atoms with Crippen molar-refractivity contribution in [2.75, 3.05) is 0 Å². The number of carbonyl (C=O) groups is 2. The van der Waals surface area contributed by atoms with E-state index in [9.17, 15) is 9.59 Å². The second-order valence-electron chi connectivity index (χ2n) is 6.92. The van der Waals surface area contributed by atoms with Gasteiger partial charge in [0.2, 0.25) is 5.91 Å². The molecular formula is C18H22N4O3. The number of carbonyl (C=O) groups excluding carboxylic acids is 2. The molecule has 0 aromatic carbocycles. The van der Waals surface area contributed by atoms with Crippen molar-refractivity contribution in [2.45, 2.75) is 50.7 Å². The molecule has 0 unspecified atom stereocenters. The molecule has 1 aliphatic carbocycles. The minimum atomic E-state index is -0.183. The third kappa shape index (κ3) is 2.83. The first-order chi connectivity index (χ1) is 12.1. The molecule has 0 radical (unpaired) electrons. The molecule has 3 heterocycles. The van der Waals surface area contributed by atoms with Crippen LogP contribution in [0.25, 0.3) is 0 Å². The van der Waals surface area contributed by atoms with Crippen LogP contribution in [0.15, 0.2) is 29.3 Å². The summed E-state index contributed by atoms with van der Waals surface area (Å²) in [5.41, 5.74) is 1.49. The first-order valence-electron chi connectivity index (χ1n) is 8.68. The molecule has 1 saturated carbocycles. The van der Waals surface area contributed by atoms with Gasteiger partial charge in [-0.25, -0.2) is 4.98 Å². The summed E-state index contributed by atoms with van der Waals surface area (Å²) in [6, 6.07) is 1.63. The van der Waals surface area contributed by atoms with Crippen LogP contribution < -0.4 is 5.32 Å². The van der Waals surface area contributed by atoms with Crippen molar-refractivity contribution in [1.82, 2.24) is 19.8 Å². The summed E-state index contributed by atoms with van der Waals surface area (Å²) in [7, 11) is 1.92. The first-order valence-corrected chi connectivity index (χ1v) is 8.68. The molecule has 2 amide bonds. The van der Waals surface area contributed by atoms with Crippen molar-refractivity contribution in [2.24, 2.45) is 7.05 Å².